The third kappa shape index (κ3) is 7.43. The number of halogens is 1. The first-order valence-corrected chi connectivity index (χ1v) is 13.4. The van der Waals surface area contributed by atoms with Crippen LogP contribution >= 0.6 is 11.6 Å². The zero-order valence-corrected chi connectivity index (χ0v) is 22.2. The van der Waals surface area contributed by atoms with Gasteiger partial charge >= 0.3 is 0 Å². The summed E-state index contributed by atoms with van der Waals surface area (Å²) in [4.78, 5) is 33.1. The summed E-state index contributed by atoms with van der Waals surface area (Å²) in [5.74, 6) is 0.363. The van der Waals surface area contributed by atoms with Crippen molar-refractivity contribution in [2.75, 3.05) is 40.3 Å². The number of nitrogens with one attached hydrogen (secondary N) is 1. The second kappa shape index (κ2) is 12.9. The Bertz CT molecular complexity index is 792. The van der Waals surface area contributed by atoms with E-state index in [1.165, 1.54) is 19.3 Å². The van der Waals surface area contributed by atoms with Crippen LogP contribution < -0.4 is 5.32 Å². The topological polar surface area (TPSA) is 55.9 Å². The van der Waals surface area contributed by atoms with Crippen LogP contribution in [0.25, 0.3) is 0 Å². The number of carbonyl (C=O) groups excluding carboxylic acids is 2. The van der Waals surface area contributed by atoms with Gasteiger partial charge in [-0.2, -0.15) is 0 Å². The molecule has 2 fully saturated rings. The van der Waals surface area contributed by atoms with Gasteiger partial charge in [0.1, 0.15) is 0 Å². The molecule has 2 amide bonds. The standard InChI is InChI=1S/C27H43ClN4O2/c1-20(2)26(33)32(23-8-6-5-7-9-23)24-14-16-31(19-24)27(34)25(29-15-17-30(3)4)18-21-10-12-22(28)13-11-21/h10-13,20,23-25,29H,5-9,14-19H2,1-4H3/t24-,25+/m0/s1. The molecule has 3 rings (SSSR count). The molecule has 1 aliphatic heterocycles. The molecule has 1 aromatic carbocycles. The molecule has 1 heterocycles. The maximum atomic E-state index is 13.7. The molecule has 7 heteroatoms. The molecule has 0 radical (unpaired) electrons. The third-order valence-electron chi connectivity index (χ3n) is 7.19. The summed E-state index contributed by atoms with van der Waals surface area (Å²) < 4.78 is 0. The summed E-state index contributed by atoms with van der Waals surface area (Å²) in [5.41, 5.74) is 1.09. The zero-order valence-electron chi connectivity index (χ0n) is 21.4. The van der Waals surface area contributed by atoms with Crippen LogP contribution in [0.15, 0.2) is 24.3 Å². The molecule has 6 nitrogen and oxygen atoms in total. The highest BCUT2D eigenvalue weighted by Crippen LogP contribution is 2.29. The smallest absolute Gasteiger partial charge is 0.240 e. The van der Waals surface area contributed by atoms with E-state index in [0.29, 0.717) is 30.6 Å². The molecule has 0 bridgehead atoms. The van der Waals surface area contributed by atoms with E-state index in [1.807, 2.05) is 57.1 Å². The molecule has 190 valence electrons. The fourth-order valence-electron chi connectivity index (χ4n) is 5.27. The molecule has 34 heavy (non-hydrogen) atoms. The number of rotatable bonds is 10. The Labute approximate surface area is 211 Å². The van der Waals surface area contributed by atoms with Gasteiger partial charge in [-0.1, -0.05) is 56.8 Å². The molecule has 0 spiro atoms. The van der Waals surface area contributed by atoms with Gasteiger partial charge in [-0.3, -0.25) is 9.59 Å². The Morgan fingerprint density at radius 2 is 1.74 bits per heavy atom. The minimum atomic E-state index is -0.288. The van der Waals surface area contributed by atoms with Crippen LogP contribution in [-0.2, 0) is 16.0 Å². The average molecular weight is 491 g/mol. The first kappa shape index (κ1) is 27.0. The number of amides is 2. The first-order chi connectivity index (χ1) is 16.3. The average Bonchev–Trinajstić information content (AvgIpc) is 3.29. The fraction of sp³-hybridized carbons (Fsp3) is 0.704. The van der Waals surface area contributed by atoms with Crippen LogP contribution in [0.1, 0.15) is 57.9 Å². The van der Waals surface area contributed by atoms with E-state index in [2.05, 4.69) is 15.1 Å². The number of carbonyl (C=O) groups is 2. The van der Waals surface area contributed by atoms with E-state index >= 15 is 0 Å². The van der Waals surface area contributed by atoms with Gasteiger partial charge in [0.05, 0.1) is 12.1 Å². The van der Waals surface area contributed by atoms with Crippen LogP contribution in [0.4, 0.5) is 0 Å². The van der Waals surface area contributed by atoms with Crippen LogP contribution in [0, 0.1) is 5.92 Å². The Balaban J connectivity index is 1.70. The summed E-state index contributed by atoms with van der Waals surface area (Å²) in [6.07, 6.45) is 7.33. The third-order valence-corrected chi connectivity index (χ3v) is 7.44. The Morgan fingerprint density at radius 1 is 1.06 bits per heavy atom. The van der Waals surface area contributed by atoms with E-state index < -0.39 is 0 Å². The van der Waals surface area contributed by atoms with Crippen LogP contribution in [0.3, 0.4) is 0 Å². The van der Waals surface area contributed by atoms with Crippen molar-refractivity contribution in [3.05, 3.63) is 34.9 Å². The van der Waals surface area contributed by atoms with Gasteiger partial charge in [-0.05, 0) is 57.5 Å². The SMILES string of the molecule is CC(C)C(=O)N(C1CCCCC1)[C@H]1CCN(C(=O)[C@@H](Cc2ccc(Cl)cc2)NCCN(C)C)C1. The maximum Gasteiger partial charge on any atom is 0.240 e. The number of likely N-dealkylation sites (tertiary alicyclic amines) is 1. The molecular weight excluding hydrogens is 448 g/mol. The van der Waals surface area contributed by atoms with Gasteiger partial charge in [0, 0.05) is 43.2 Å². The summed E-state index contributed by atoms with van der Waals surface area (Å²) in [5, 5.41) is 4.19. The van der Waals surface area contributed by atoms with Gasteiger partial charge in [0.25, 0.3) is 0 Å². The number of likely N-dealkylation sites (N-methyl/N-ethyl adjacent to an activating group) is 1. The van der Waals surface area contributed by atoms with E-state index in [0.717, 1.165) is 37.9 Å². The minimum absolute atomic E-state index is 0.0166. The molecule has 1 aliphatic carbocycles. The second-order valence-corrected chi connectivity index (χ2v) is 11.0. The quantitative estimate of drug-likeness (QED) is 0.541. The van der Waals surface area contributed by atoms with Gasteiger partial charge < -0.3 is 20.0 Å². The Hall–Kier alpha value is -1.63. The van der Waals surface area contributed by atoms with E-state index in [1.54, 1.807) is 0 Å². The number of nitrogens with zero attached hydrogens (tertiary/aromatic N) is 3. The molecule has 1 saturated heterocycles. The van der Waals surface area contributed by atoms with Crippen molar-refractivity contribution >= 4 is 23.4 Å². The van der Waals surface area contributed by atoms with Crippen molar-refractivity contribution in [2.24, 2.45) is 5.92 Å². The number of benzene rings is 1. The summed E-state index contributed by atoms with van der Waals surface area (Å²) >= 11 is 6.06. The fourth-order valence-corrected chi connectivity index (χ4v) is 5.40. The lowest BCUT2D eigenvalue weighted by molar-refractivity contribution is -0.141. The molecule has 2 atom stereocenters. The van der Waals surface area contributed by atoms with Crippen LogP contribution in [0.2, 0.25) is 5.02 Å². The van der Waals surface area contributed by atoms with Gasteiger partial charge in [-0.25, -0.2) is 0 Å². The van der Waals surface area contributed by atoms with Crippen molar-refractivity contribution in [1.82, 2.24) is 20.0 Å². The van der Waals surface area contributed by atoms with Crippen molar-refractivity contribution < 1.29 is 9.59 Å². The summed E-state index contributed by atoms with van der Waals surface area (Å²) in [7, 11) is 4.07. The molecular formula is C27H43ClN4O2. The molecule has 0 unspecified atom stereocenters. The normalized spacial score (nSPS) is 20.2. The Kier molecular flexibility index (Phi) is 10.2. The first-order valence-electron chi connectivity index (χ1n) is 13.0. The van der Waals surface area contributed by atoms with Gasteiger partial charge in [0.15, 0.2) is 0 Å². The summed E-state index contributed by atoms with van der Waals surface area (Å²) in [6.45, 7) is 6.95. The minimum Gasteiger partial charge on any atom is -0.339 e. The lowest BCUT2D eigenvalue weighted by Gasteiger charge is -2.39. The van der Waals surface area contributed by atoms with E-state index in [9.17, 15) is 9.59 Å². The zero-order chi connectivity index (χ0) is 24.7. The van der Waals surface area contributed by atoms with Crippen molar-refractivity contribution in [2.45, 2.75) is 76.9 Å². The lowest BCUT2D eigenvalue weighted by Crippen LogP contribution is -2.52. The van der Waals surface area contributed by atoms with Gasteiger partial charge in [-0.15, -0.1) is 0 Å². The highest BCUT2D eigenvalue weighted by Gasteiger charge is 2.39. The summed E-state index contributed by atoms with van der Waals surface area (Å²) in [6, 6.07) is 7.91. The second-order valence-electron chi connectivity index (χ2n) is 10.6. The van der Waals surface area contributed by atoms with Crippen LogP contribution in [-0.4, -0.2) is 84.9 Å². The Morgan fingerprint density at radius 3 is 2.35 bits per heavy atom. The van der Waals surface area contributed by atoms with Crippen molar-refractivity contribution in [3.8, 4) is 0 Å². The molecule has 1 saturated carbocycles. The van der Waals surface area contributed by atoms with Crippen molar-refractivity contribution in [3.63, 3.8) is 0 Å². The predicted molar refractivity (Wildman–Crippen MR) is 139 cm³/mol. The van der Waals surface area contributed by atoms with Gasteiger partial charge in [0.2, 0.25) is 11.8 Å². The molecule has 2 aliphatic rings. The van der Waals surface area contributed by atoms with Crippen molar-refractivity contribution in [1.29, 1.82) is 0 Å². The molecule has 1 N–H and O–H groups in total. The molecule has 1 aromatic rings. The number of hydrogen-bond acceptors (Lipinski definition) is 4. The monoisotopic (exact) mass is 490 g/mol. The number of hydrogen-bond donors (Lipinski definition) is 1. The predicted octanol–water partition coefficient (Wildman–Crippen LogP) is 3.82. The van der Waals surface area contributed by atoms with E-state index in [-0.39, 0.29) is 29.8 Å². The maximum absolute atomic E-state index is 13.7. The van der Waals surface area contributed by atoms with Crippen LogP contribution in [0.5, 0.6) is 0 Å². The lowest BCUT2D eigenvalue weighted by atomic mass is 9.92. The molecule has 0 aromatic heterocycles. The highest BCUT2D eigenvalue weighted by atomic mass is 35.5. The van der Waals surface area contributed by atoms with E-state index in [4.69, 9.17) is 11.6 Å². The largest absolute Gasteiger partial charge is 0.339 e. The highest BCUT2D eigenvalue weighted by molar-refractivity contribution is 6.30.